The molecule has 2 atom stereocenters. The Balaban J connectivity index is 2.20. The number of sulfonamides is 1. The predicted octanol–water partition coefficient (Wildman–Crippen LogP) is 1.47. The molecule has 36 heavy (non-hydrogen) atoms. The van der Waals surface area contributed by atoms with Gasteiger partial charge in [-0.1, -0.05) is 51.5 Å². The fourth-order valence-electron chi connectivity index (χ4n) is 3.71. The minimum absolute atomic E-state index is 0.0612. The molecule has 0 saturated heterocycles. The molecule has 0 spiro atoms. The summed E-state index contributed by atoms with van der Waals surface area (Å²) in [6, 6.07) is 7.17. The quantitative estimate of drug-likeness (QED) is 0.205. The third-order valence-corrected chi connectivity index (χ3v) is 7.09. The number of unbranched alkanes of at least 4 members (excludes halogenated alkanes) is 1. The molecule has 0 bridgehead atoms. The molecule has 10 nitrogen and oxygen atoms in total. The van der Waals surface area contributed by atoms with Crippen molar-refractivity contribution in [3.05, 3.63) is 47.9 Å². The first kappa shape index (κ1) is 29.7. The van der Waals surface area contributed by atoms with E-state index in [9.17, 15) is 28.1 Å². The number of imidazole rings is 1. The van der Waals surface area contributed by atoms with Crippen LogP contribution in [0.4, 0.5) is 0 Å². The Morgan fingerprint density at radius 3 is 2.36 bits per heavy atom. The summed E-state index contributed by atoms with van der Waals surface area (Å²) < 4.78 is 29.1. The second kappa shape index (κ2) is 13.7. The van der Waals surface area contributed by atoms with Gasteiger partial charge in [0.15, 0.2) is 10.8 Å². The highest BCUT2D eigenvalue weighted by Gasteiger charge is 2.31. The Bertz CT molecular complexity index is 1100. The molecule has 1 amide bonds. The van der Waals surface area contributed by atoms with Crippen molar-refractivity contribution >= 4 is 28.8 Å². The van der Waals surface area contributed by atoms with E-state index in [1.54, 1.807) is 19.2 Å². The summed E-state index contributed by atoms with van der Waals surface area (Å²) in [5, 5.41) is 21.8. The standard InChI is InChI=1S/C24H37BN4O6S/c1-5-6-7-18-8-10-19(11-9-18)21(30)13-20(24(31)28-22(25(32)33)12-17(2)3)14-27-36(34,35)23-15-29(4)16-26-23/h8-11,15-17,20,22,27,32-33H,5-7,12-14H2,1-4H3,(H,28,31)/t20-,22-/m0/s1. The Hall–Kier alpha value is -2.54. The summed E-state index contributed by atoms with van der Waals surface area (Å²) >= 11 is 0. The number of ketones is 1. The molecule has 0 saturated carbocycles. The SMILES string of the molecule is CCCCc1ccc(C(=O)C[C@@H](CNS(=O)(=O)c2cn(C)cn2)C(=O)N[C@@H](CC(C)C)B(O)O)cc1. The first-order chi connectivity index (χ1) is 16.9. The molecular formula is C24H37BN4O6S. The monoisotopic (exact) mass is 520 g/mol. The second-order valence-electron chi connectivity index (χ2n) is 9.51. The number of nitrogens with one attached hydrogen (secondary N) is 2. The lowest BCUT2D eigenvalue weighted by Gasteiger charge is -2.23. The molecule has 0 aliphatic rings. The van der Waals surface area contributed by atoms with Gasteiger partial charge in [-0.2, -0.15) is 0 Å². The zero-order valence-electron chi connectivity index (χ0n) is 21.3. The number of hydrogen-bond donors (Lipinski definition) is 4. The Kier molecular flexibility index (Phi) is 11.3. The van der Waals surface area contributed by atoms with Crippen LogP contribution in [0.15, 0.2) is 41.8 Å². The Morgan fingerprint density at radius 2 is 1.83 bits per heavy atom. The molecule has 1 heterocycles. The highest BCUT2D eigenvalue weighted by molar-refractivity contribution is 7.89. The van der Waals surface area contributed by atoms with Gasteiger partial charge in [0.25, 0.3) is 10.0 Å². The zero-order valence-corrected chi connectivity index (χ0v) is 22.2. The summed E-state index contributed by atoms with van der Waals surface area (Å²) in [6.45, 7) is 5.48. The van der Waals surface area contributed by atoms with Crippen molar-refractivity contribution in [2.24, 2.45) is 18.9 Å². The van der Waals surface area contributed by atoms with Crippen LogP contribution in [0.25, 0.3) is 0 Å². The summed E-state index contributed by atoms with van der Waals surface area (Å²) in [5.74, 6) is -2.94. The topological polar surface area (TPSA) is 151 Å². The Morgan fingerprint density at radius 1 is 1.17 bits per heavy atom. The van der Waals surface area contributed by atoms with Gasteiger partial charge in [-0.3, -0.25) is 9.59 Å². The molecule has 1 aromatic carbocycles. The van der Waals surface area contributed by atoms with E-state index in [1.807, 2.05) is 26.0 Å². The van der Waals surface area contributed by atoms with E-state index in [2.05, 4.69) is 21.9 Å². The molecule has 0 aliphatic carbocycles. The number of Topliss-reactive ketones (excluding diaryl/α,β-unsaturated/α-hetero) is 1. The molecule has 12 heteroatoms. The van der Waals surface area contributed by atoms with Gasteiger partial charge < -0.3 is 19.9 Å². The number of benzene rings is 1. The van der Waals surface area contributed by atoms with E-state index >= 15 is 0 Å². The van der Waals surface area contributed by atoms with Gasteiger partial charge >= 0.3 is 7.12 Å². The van der Waals surface area contributed by atoms with Crippen molar-refractivity contribution in [3.8, 4) is 0 Å². The average molecular weight is 520 g/mol. The number of carbonyl (C=O) groups is 2. The highest BCUT2D eigenvalue weighted by atomic mass is 32.2. The number of hydrogen-bond acceptors (Lipinski definition) is 7. The van der Waals surface area contributed by atoms with Crippen molar-refractivity contribution < 1.29 is 28.1 Å². The number of aromatic nitrogens is 2. The van der Waals surface area contributed by atoms with Gasteiger partial charge in [0.05, 0.1) is 18.2 Å². The van der Waals surface area contributed by atoms with E-state index in [0.29, 0.717) is 12.0 Å². The van der Waals surface area contributed by atoms with Crippen LogP contribution in [-0.4, -0.2) is 59.3 Å². The normalized spacial score (nSPS) is 13.4. The first-order valence-electron chi connectivity index (χ1n) is 12.2. The van der Waals surface area contributed by atoms with Crippen molar-refractivity contribution in [2.75, 3.05) is 6.54 Å². The van der Waals surface area contributed by atoms with Gasteiger partial charge in [-0.25, -0.2) is 18.1 Å². The van der Waals surface area contributed by atoms with Crippen LogP contribution in [0, 0.1) is 11.8 Å². The molecule has 4 N–H and O–H groups in total. The zero-order chi connectivity index (χ0) is 26.9. The van der Waals surface area contributed by atoms with Gasteiger partial charge in [0.1, 0.15) is 0 Å². The lowest BCUT2D eigenvalue weighted by Crippen LogP contribution is -2.50. The van der Waals surface area contributed by atoms with E-state index in [-0.39, 0.29) is 29.7 Å². The van der Waals surface area contributed by atoms with Gasteiger partial charge in [-0.15, -0.1) is 0 Å². The second-order valence-corrected chi connectivity index (χ2v) is 11.2. The number of rotatable bonds is 15. The van der Waals surface area contributed by atoms with E-state index in [0.717, 1.165) is 24.8 Å². The summed E-state index contributed by atoms with van der Waals surface area (Å²) in [6.07, 6.45) is 5.71. The maximum absolute atomic E-state index is 13.1. The molecular weight excluding hydrogens is 483 g/mol. The van der Waals surface area contributed by atoms with E-state index in [4.69, 9.17) is 0 Å². The predicted molar refractivity (Wildman–Crippen MR) is 137 cm³/mol. The third kappa shape index (κ3) is 9.16. The van der Waals surface area contributed by atoms with Crippen LogP contribution in [0.2, 0.25) is 0 Å². The molecule has 0 fully saturated rings. The minimum atomic E-state index is -4.02. The van der Waals surface area contributed by atoms with Crippen LogP contribution in [0.5, 0.6) is 0 Å². The fraction of sp³-hybridized carbons (Fsp3) is 0.542. The first-order valence-corrected chi connectivity index (χ1v) is 13.7. The van der Waals surface area contributed by atoms with Crippen LogP contribution in [-0.2, 0) is 28.3 Å². The van der Waals surface area contributed by atoms with Crippen molar-refractivity contribution in [1.29, 1.82) is 0 Å². The lowest BCUT2D eigenvalue weighted by atomic mass is 9.74. The van der Waals surface area contributed by atoms with E-state index in [1.165, 1.54) is 17.1 Å². The number of nitrogens with zero attached hydrogens (tertiary/aromatic N) is 2. The highest BCUT2D eigenvalue weighted by Crippen LogP contribution is 2.16. The molecule has 2 aromatic rings. The van der Waals surface area contributed by atoms with Gasteiger partial charge in [0.2, 0.25) is 5.91 Å². The Labute approximate surface area is 213 Å². The number of carbonyl (C=O) groups excluding carboxylic acids is 2. The van der Waals surface area contributed by atoms with Crippen LogP contribution < -0.4 is 10.0 Å². The average Bonchev–Trinajstić information content (AvgIpc) is 3.27. The van der Waals surface area contributed by atoms with Crippen LogP contribution in [0.3, 0.4) is 0 Å². The smallest absolute Gasteiger partial charge is 0.426 e. The van der Waals surface area contributed by atoms with Gasteiger partial charge in [0, 0.05) is 31.8 Å². The summed E-state index contributed by atoms with van der Waals surface area (Å²) in [5.41, 5.74) is 1.53. The maximum Gasteiger partial charge on any atom is 0.475 e. The van der Waals surface area contributed by atoms with Crippen LogP contribution >= 0.6 is 0 Å². The summed E-state index contributed by atoms with van der Waals surface area (Å²) in [7, 11) is -4.19. The molecule has 0 unspecified atom stereocenters. The van der Waals surface area contributed by atoms with Crippen molar-refractivity contribution in [3.63, 3.8) is 0 Å². The molecule has 2 rings (SSSR count). The molecule has 0 radical (unpaired) electrons. The van der Waals surface area contributed by atoms with Crippen LogP contribution in [0.1, 0.15) is 62.4 Å². The number of aryl methyl sites for hydroxylation is 2. The van der Waals surface area contributed by atoms with Crippen molar-refractivity contribution in [1.82, 2.24) is 19.6 Å². The minimum Gasteiger partial charge on any atom is -0.426 e. The largest absolute Gasteiger partial charge is 0.475 e. The third-order valence-electron chi connectivity index (χ3n) is 5.79. The maximum atomic E-state index is 13.1. The molecule has 1 aromatic heterocycles. The molecule has 198 valence electrons. The number of amides is 1. The summed E-state index contributed by atoms with van der Waals surface area (Å²) in [4.78, 5) is 29.9. The van der Waals surface area contributed by atoms with Crippen molar-refractivity contribution in [2.45, 2.75) is 63.8 Å². The molecule has 0 aliphatic heterocycles. The van der Waals surface area contributed by atoms with E-state index < -0.39 is 34.9 Å². The lowest BCUT2D eigenvalue weighted by molar-refractivity contribution is -0.125. The van der Waals surface area contributed by atoms with Gasteiger partial charge in [-0.05, 0) is 30.7 Å². The fourth-order valence-corrected chi connectivity index (χ4v) is 4.77.